The molecule has 1 N–H and O–H groups in total. The van der Waals surface area contributed by atoms with Gasteiger partial charge < -0.3 is 14.7 Å². The summed E-state index contributed by atoms with van der Waals surface area (Å²) in [6.07, 6.45) is 0. The van der Waals surface area contributed by atoms with Gasteiger partial charge in [-0.15, -0.1) is 0 Å². The number of ether oxygens (including phenoxy) is 1. The van der Waals surface area contributed by atoms with Gasteiger partial charge in [0.25, 0.3) is 5.91 Å². The number of carboxylic acids is 1. The lowest BCUT2D eigenvalue weighted by Gasteiger charge is -2.29. The lowest BCUT2D eigenvalue weighted by molar-refractivity contribution is -0.380. The Morgan fingerprint density at radius 1 is 1.57 bits per heavy atom. The summed E-state index contributed by atoms with van der Waals surface area (Å²) in [7, 11) is 0. The summed E-state index contributed by atoms with van der Waals surface area (Å²) < 4.78 is 5.16. The summed E-state index contributed by atoms with van der Waals surface area (Å²) in [5.74, 6) is -2.20. The number of hydrogen-bond donors (Lipinski definition) is 1. The van der Waals surface area contributed by atoms with Crippen molar-refractivity contribution < 1.29 is 24.4 Å². The zero-order chi connectivity index (χ0) is 15.6. The van der Waals surface area contributed by atoms with Crippen molar-refractivity contribution in [2.24, 2.45) is 5.92 Å². The van der Waals surface area contributed by atoms with Gasteiger partial charge >= 0.3 is 11.0 Å². The van der Waals surface area contributed by atoms with Gasteiger partial charge in [-0.05, 0) is 6.92 Å². The van der Waals surface area contributed by atoms with Gasteiger partial charge in [0.1, 0.15) is 5.92 Å². The molecule has 114 valence electrons. The zero-order valence-electron chi connectivity index (χ0n) is 11.2. The molecule has 0 aromatic carbocycles. The van der Waals surface area contributed by atoms with Gasteiger partial charge in [0.15, 0.2) is 0 Å². The maximum atomic E-state index is 12.4. The van der Waals surface area contributed by atoms with Crippen LogP contribution in [-0.4, -0.2) is 52.6 Å². The summed E-state index contributed by atoms with van der Waals surface area (Å²) in [4.78, 5) is 35.1. The standard InChI is InChI=1S/C12H14N2O6S/c1-2-13(9-5-20-4-8(9)12(16)17)11(15)7-3-10(14(18)19)21-6-7/h3,6,8-9H,2,4-5H2,1H3,(H,16,17). The molecule has 2 heterocycles. The average Bonchev–Trinajstić information content (AvgIpc) is 3.08. The topological polar surface area (TPSA) is 110 Å². The van der Waals surface area contributed by atoms with Crippen LogP contribution in [0.25, 0.3) is 0 Å². The van der Waals surface area contributed by atoms with E-state index in [4.69, 9.17) is 9.84 Å². The minimum atomic E-state index is -1.01. The van der Waals surface area contributed by atoms with Crippen LogP contribution in [0.2, 0.25) is 0 Å². The number of likely N-dealkylation sites (N-methyl/N-ethyl adjacent to an activating group) is 1. The van der Waals surface area contributed by atoms with E-state index >= 15 is 0 Å². The number of rotatable bonds is 5. The van der Waals surface area contributed by atoms with Gasteiger partial charge in [-0.1, -0.05) is 11.3 Å². The number of carbonyl (C=O) groups is 2. The number of nitro groups is 1. The van der Waals surface area contributed by atoms with E-state index in [2.05, 4.69) is 0 Å². The van der Waals surface area contributed by atoms with Crippen LogP contribution < -0.4 is 0 Å². The smallest absolute Gasteiger partial charge is 0.324 e. The van der Waals surface area contributed by atoms with Crippen molar-refractivity contribution in [2.45, 2.75) is 13.0 Å². The van der Waals surface area contributed by atoms with Crippen molar-refractivity contribution in [3.63, 3.8) is 0 Å². The molecule has 1 amide bonds. The molecule has 0 saturated carbocycles. The fraction of sp³-hybridized carbons (Fsp3) is 0.500. The highest BCUT2D eigenvalue weighted by Crippen LogP contribution is 2.26. The van der Waals surface area contributed by atoms with Gasteiger partial charge in [0.2, 0.25) is 0 Å². The predicted octanol–water partition coefficient (Wildman–Crippen LogP) is 1.22. The van der Waals surface area contributed by atoms with E-state index in [-0.39, 0.29) is 23.8 Å². The second-order valence-corrected chi connectivity index (χ2v) is 5.46. The normalized spacial score (nSPS) is 21.2. The van der Waals surface area contributed by atoms with Gasteiger partial charge in [-0.25, -0.2) is 0 Å². The molecule has 9 heteroatoms. The van der Waals surface area contributed by atoms with Crippen LogP contribution in [0.5, 0.6) is 0 Å². The molecule has 8 nitrogen and oxygen atoms in total. The van der Waals surface area contributed by atoms with Crippen molar-refractivity contribution >= 4 is 28.2 Å². The molecule has 2 unspecified atom stereocenters. The molecule has 2 atom stereocenters. The molecule has 0 radical (unpaired) electrons. The fourth-order valence-corrected chi connectivity index (χ4v) is 3.01. The molecular formula is C12H14N2O6S. The summed E-state index contributed by atoms with van der Waals surface area (Å²) in [5, 5.41) is 21.1. The summed E-state index contributed by atoms with van der Waals surface area (Å²) in [5.41, 5.74) is 0.199. The highest BCUT2D eigenvalue weighted by atomic mass is 32.1. The Morgan fingerprint density at radius 2 is 2.29 bits per heavy atom. The van der Waals surface area contributed by atoms with E-state index in [1.807, 2.05) is 0 Å². The molecule has 0 spiro atoms. The first-order chi connectivity index (χ1) is 9.95. The van der Waals surface area contributed by atoms with Crippen LogP contribution in [0.3, 0.4) is 0 Å². The van der Waals surface area contributed by atoms with Gasteiger partial charge in [0.05, 0.1) is 29.7 Å². The van der Waals surface area contributed by atoms with E-state index in [1.165, 1.54) is 16.3 Å². The first-order valence-corrected chi connectivity index (χ1v) is 7.18. The van der Waals surface area contributed by atoms with Gasteiger partial charge in [-0.3, -0.25) is 19.7 Å². The molecule has 0 bridgehead atoms. The molecule has 1 aromatic heterocycles. The third kappa shape index (κ3) is 3.03. The lowest BCUT2D eigenvalue weighted by Crippen LogP contribution is -2.46. The van der Waals surface area contributed by atoms with Crippen molar-refractivity contribution in [2.75, 3.05) is 19.8 Å². The number of carboxylic acid groups (broad SMARTS) is 1. The molecule has 0 aliphatic carbocycles. The number of aliphatic carboxylic acids is 1. The largest absolute Gasteiger partial charge is 0.481 e. The van der Waals surface area contributed by atoms with Crippen molar-refractivity contribution in [1.29, 1.82) is 0 Å². The molecule has 1 aliphatic rings. The zero-order valence-corrected chi connectivity index (χ0v) is 12.0. The molecule has 1 aliphatic heterocycles. The molecule has 1 fully saturated rings. The van der Waals surface area contributed by atoms with Crippen molar-refractivity contribution in [3.05, 3.63) is 27.1 Å². The average molecular weight is 314 g/mol. The van der Waals surface area contributed by atoms with E-state index in [0.29, 0.717) is 6.54 Å². The van der Waals surface area contributed by atoms with Crippen LogP contribution in [0.1, 0.15) is 17.3 Å². The molecule has 21 heavy (non-hydrogen) atoms. The summed E-state index contributed by atoms with van der Waals surface area (Å²) >= 11 is 0.869. The minimum Gasteiger partial charge on any atom is -0.481 e. The number of nitrogens with zero attached hydrogens (tertiary/aromatic N) is 2. The highest BCUT2D eigenvalue weighted by Gasteiger charge is 2.40. The van der Waals surface area contributed by atoms with Gasteiger partial charge in [-0.2, -0.15) is 0 Å². The summed E-state index contributed by atoms with van der Waals surface area (Å²) in [6.45, 7) is 2.26. The predicted molar refractivity (Wildman–Crippen MR) is 73.4 cm³/mol. The van der Waals surface area contributed by atoms with Crippen LogP contribution in [0.4, 0.5) is 5.00 Å². The van der Waals surface area contributed by atoms with Crippen LogP contribution >= 0.6 is 11.3 Å². The van der Waals surface area contributed by atoms with Crippen LogP contribution in [0, 0.1) is 16.0 Å². The Bertz CT molecular complexity index is 572. The number of amides is 1. The Kier molecular flexibility index (Phi) is 4.53. The molecule has 1 saturated heterocycles. The van der Waals surface area contributed by atoms with E-state index in [9.17, 15) is 19.7 Å². The number of carbonyl (C=O) groups excluding carboxylic acids is 1. The second-order valence-electron chi connectivity index (χ2n) is 4.57. The summed E-state index contributed by atoms with van der Waals surface area (Å²) in [6, 6.07) is 0.653. The molecular weight excluding hydrogens is 300 g/mol. The van der Waals surface area contributed by atoms with Crippen LogP contribution in [-0.2, 0) is 9.53 Å². The highest BCUT2D eigenvalue weighted by molar-refractivity contribution is 7.13. The van der Waals surface area contributed by atoms with Crippen LogP contribution in [0.15, 0.2) is 11.4 Å². The maximum Gasteiger partial charge on any atom is 0.324 e. The first-order valence-electron chi connectivity index (χ1n) is 6.30. The molecule has 1 aromatic rings. The third-order valence-corrected chi connectivity index (χ3v) is 4.26. The lowest BCUT2D eigenvalue weighted by atomic mass is 10.0. The van der Waals surface area contributed by atoms with E-state index in [0.717, 1.165) is 11.3 Å². The second kappa shape index (κ2) is 6.19. The van der Waals surface area contributed by atoms with E-state index in [1.54, 1.807) is 6.92 Å². The Balaban J connectivity index is 2.21. The number of hydrogen-bond acceptors (Lipinski definition) is 6. The maximum absolute atomic E-state index is 12.4. The first kappa shape index (κ1) is 15.4. The number of thiophene rings is 1. The Morgan fingerprint density at radius 3 is 2.81 bits per heavy atom. The monoisotopic (exact) mass is 314 g/mol. The quantitative estimate of drug-likeness (QED) is 0.646. The van der Waals surface area contributed by atoms with Crippen molar-refractivity contribution in [3.8, 4) is 0 Å². The SMILES string of the molecule is CCN(C(=O)c1csc([N+](=O)[O-])c1)C1COCC1C(=O)O. The van der Waals surface area contributed by atoms with Gasteiger partial charge in [0, 0.05) is 18.0 Å². The Hall–Kier alpha value is -2.00. The third-order valence-electron chi connectivity index (χ3n) is 3.38. The van der Waals surface area contributed by atoms with Crippen molar-refractivity contribution in [1.82, 2.24) is 4.90 Å². The Labute approximate surface area is 124 Å². The fourth-order valence-electron chi connectivity index (χ4n) is 2.31. The van der Waals surface area contributed by atoms with E-state index < -0.39 is 28.8 Å². The minimum absolute atomic E-state index is 0.0631. The molecule has 2 rings (SSSR count).